The zero-order valence-electron chi connectivity index (χ0n) is 10.4. The van der Waals surface area contributed by atoms with Crippen LogP contribution in [0.3, 0.4) is 0 Å². The average Bonchev–Trinajstić information content (AvgIpc) is 2.29. The molecule has 2 rings (SSSR count). The molecule has 1 heterocycles. The summed E-state index contributed by atoms with van der Waals surface area (Å²) >= 11 is 0. The fourth-order valence-electron chi connectivity index (χ4n) is 2.80. The van der Waals surface area contributed by atoms with Crippen LogP contribution >= 0.6 is 0 Å². The molecule has 90 valence electrons. The molecule has 0 amide bonds. The lowest BCUT2D eigenvalue weighted by molar-refractivity contribution is -0.122. The lowest BCUT2D eigenvalue weighted by Crippen LogP contribution is -2.41. The third kappa shape index (κ3) is 3.18. The molecule has 0 saturated carbocycles. The Bertz CT molecular complexity index is 282. The molecule has 0 aromatic carbocycles. The maximum atomic E-state index is 11.3. The number of allylic oxidation sites excluding steroid dienone is 1. The van der Waals surface area contributed by atoms with E-state index in [1.165, 1.54) is 32.1 Å². The summed E-state index contributed by atoms with van der Waals surface area (Å²) in [5.41, 5.74) is 1.65. The molecule has 0 radical (unpaired) electrons. The predicted molar refractivity (Wildman–Crippen MR) is 66.4 cm³/mol. The van der Waals surface area contributed by atoms with Gasteiger partial charge in [0.1, 0.15) is 5.78 Å². The molecule has 16 heavy (non-hydrogen) atoms. The van der Waals surface area contributed by atoms with Gasteiger partial charge in [0.05, 0.1) is 0 Å². The molecule has 1 saturated heterocycles. The summed E-state index contributed by atoms with van der Waals surface area (Å²) < 4.78 is 0. The van der Waals surface area contributed by atoms with Crippen LogP contribution in [0.15, 0.2) is 11.6 Å². The topological polar surface area (TPSA) is 20.3 Å². The SMILES string of the molecule is CC1CC(=O)CCN1CCC1=CCCCC1. The molecule has 0 aromatic rings. The van der Waals surface area contributed by atoms with Gasteiger partial charge in [0, 0.05) is 32.0 Å². The first kappa shape index (κ1) is 11.8. The van der Waals surface area contributed by atoms with Gasteiger partial charge in [0.25, 0.3) is 0 Å². The van der Waals surface area contributed by atoms with Crippen molar-refractivity contribution in [1.29, 1.82) is 0 Å². The largest absolute Gasteiger partial charge is 0.300 e. The standard InChI is InChI=1S/C14H23NO/c1-12-11-14(16)8-10-15(12)9-7-13-5-3-2-4-6-13/h5,12H,2-4,6-11H2,1H3. The number of hydrogen-bond acceptors (Lipinski definition) is 2. The number of Topliss-reactive ketones (excluding diaryl/α,β-unsaturated/α-hetero) is 1. The minimum Gasteiger partial charge on any atom is -0.300 e. The molecular weight excluding hydrogens is 198 g/mol. The zero-order valence-corrected chi connectivity index (χ0v) is 10.4. The highest BCUT2D eigenvalue weighted by molar-refractivity contribution is 5.79. The van der Waals surface area contributed by atoms with Crippen molar-refractivity contribution in [3.05, 3.63) is 11.6 Å². The van der Waals surface area contributed by atoms with Crippen LogP contribution in [0.1, 0.15) is 51.9 Å². The van der Waals surface area contributed by atoms with Crippen LogP contribution in [0.25, 0.3) is 0 Å². The quantitative estimate of drug-likeness (QED) is 0.683. The minimum absolute atomic E-state index is 0.445. The highest BCUT2D eigenvalue weighted by Gasteiger charge is 2.22. The third-order valence-corrected chi connectivity index (χ3v) is 3.93. The normalized spacial score (nSPS) is 27.9. The molecule has 2 nitrogen and oxygen atoms in total. The van der Waals surface area contributed by atoms with Gasteiger partial charge in [-0.2, -0.15) is 0 Å². The first-order valence-corrected chi connectivity index (χ1v) is 6.69. The van der Waals surface area contributed by atoms with E-state index in [0.29, 0.717) is 11.8 Å². The van der Waals surface area contributed by atoms with Crippen LogP contribution in [-0.4, -0.2) is 29.8 Å². The smallest absolute Gasteiger partial charge is 0.135 e. The summed E-state index contributed by atoms with van der Waals surface area (Å²) in [6.45, 7) is 4.32. The van der Waals surface area contributed by atoms with E-state index in [1.807, 2.05) is 0 Å². The summed E-state index contributed by atoms with van der Waals surface area (Å²) in [4.78, 5) is 13.8. The van der Waals surface area contributed by atoms with Gasteiger partial charge in [-0.25, -0.2) is 0 Å². The Morgan fingerprint density at radius 1 is 1.38 bits per heavy atom. The second-order valence-electron chi connectivity index (χ2n) is 5.24. The van der Waals surface area contributed by atoms with Crippen LogP contribution in [-0.2, 0) is 4.79 Å². The van der Waals surface area contributed by atoms with Crippen LogP contribution in [0.2, 0.25) is 0 Å². The molecule has 2 aliphatic rings. The number of likely N-dealkylation sites (tertiary alicyclic amines) is 1. The Morgan fingerprint density at radius 3 is 2.94 bits per heavy atom. The Morgan fingerprint density at radius 2 is 2.25 bits per heavy atom. The van der Waals surface area contributed by atoms with Crippen molar-refractivity contribution in [2.24, 2.45) is 0 Å². The van der Waals surface area contributed by atoms with Gasteiger partial charge in [-0.3, -0.25) is 9.69 Å². The first-order valence-electron chi connectivity index (χ1n) is 6.69. The maximum Gasteiger partial charge on any atom is 0.135 e. The van der Waals surface area contributed by atoms with Gasteiger partial charge in [0.15, 0.2) is 0 Å². The zero-order chi connectivity index (χ0) is 11.4. The van der Waals surface area contributed by atoms with E-state index in [4.69, 9.17) is 0 Å². The number of carbonyl (C=O) groups excluding carboxylic acids is 1. The molecule has 0 aromatic heterocycles. The van der Waals surface area contributed by atoms with E-state index in [-0.39, 0.29) is 0 Å². The van der Waals surface area contributed by atoms with Crippen molar-refractivity contribution in [2.75, 3.05) is 13.1 Å². The molecule has 0 N–H and O–H groups in total. The van der Waals surface area contributed by atoms with Crippen molar-refractivity contribution < 1.29 is 4.79 Å². The van der Waals surface area contributed by atoms with E-state index in [1.54, 1.807) is 5.57 Å². The van der Waals surface area contributed by atoms with E-state index >= 15 is 0 Å². The van der Waals surface area contributed by atoms with Gasteiger partial charge < -0.3 is 0 Å². The molecule has 1 aliphatic heterocycles. The summed E-state index contributed by atoms with van der Waals surface area (Å²) in [6, 6.07) is 0.463. The van der Waals surface area contributed by atoms with Crippen LogP contribution < -0.4 is 0 Å². The lowest BCUT2D eigenvalue weighted by Gasteiger charge is -2.33. The lowest BCUT2D eigenvalue weighted by atomic mass is 9.96. The molecule has 1 unspecified atom stereocenters. The van der Waals surface area contributed by atoms with Crippen molar-refractivity contribution in [1.82, 2.24) is 4.90 Å². The molecule has 0 bridgehead atoms. The fourth-order valence-corrected chi connectivity index (χ4v) is 2.80. The van der Waals surface area contributed by atoms with Crippen molar-refractivity contribution in [3.8, 4) is 0 Å². The summed E-state index contributed by atoms with van der Waals surface area (Å²) in [7, 11) is 0. The first-order chi connectivity index (χ1) is 7.75. The molecule has 2 heteroatoms. The highest BCUT2D eigenvalue weighted by atomic mass is 16.1. The fraction of sp³-hybridized carbons (Fsp3) is 0.786. The van der Waals surface area contributed by atoms with E-state index < -0.39 is 0 Å². The number of ketones is 1. The third-order valence-electron chi connectivity index (χ3n) is 3.93. The Kier molecular flexibility index (Phi) is 4.16. The summed E-state index contributed by atoms with van der Waals surface area (Å²) in [6.07, 6.45) is 10.5. The van der Waals surface area contributed by atoms with Crippen molar-refractivity contribution in [3.63, 3.8) is 0 Å². The monoisotopic (exact) mass is 221 g/mol. The minimum atomic E-state index is 0.445. The van der Waals surface area contributed by atoms with E-state index in [0.717, 1.165) is 25.9 Å². The number of piperidine rings is 1. The number of hydrogen-bond donors (Lipinski definition) is 0. The second-order valence-corrected chi connectivity index (χ2v) is 5.24. The predicted octanol–water partition coefficient (Wildman–Crippen LogP) is 2.93. The Labute approximate surface area is 98.7 Å². The van der Waals surface area contributed by atoms with Gasteiger partial charge in [-0.05, 0) is 39.0 Å². The summed E-state index contributed by atoms with van der Waals surface area (Å²) in [5.74, 6) is 0.445. The van der Waals surface area contributed by atoms with Gasteiger partial charge >= 0.3 is 0 Å². The van der Waals surface area contributed by atoms with E-state index in [2.05, 4.69) is 17.9 Å². The number of nitrogens with zero attached hydrogens (tertiary/aromatic N) is 1. The van der Waals surface area contributed by atoms with E-state index in [9.17, 15) is 4.79 Å². The van der Waals surface area contributed by atoms with Crippen molar-refractivity contribution in [2.45, 2.75) is 57.9 Å². The van der Waals surface area contributed by atoms with Crippen LogP contribution in [0.5, 0.6) is 0 Å². The Balaban J connectivity index is 1.76. The molecule has 0 spiro atoms. The van der Waals surface area contributed by atoms with Crippen LogP contribution in [0, 0.1) is 0 Å². The van der Waals surface area contributed by atoms with Crippen molar-refractivity contribution >= 4 is 5.78 Å². The maximum absolute atomic E-state index is 11.3. The highest BCUT2D eigenvalue weighted by Crippen LogP contribution is 2.22. The Hall–Kier alpha value is -0.630. The summed E-state index contributed by atoms with van der Waals surface area (Å²) in [5, 5.41) is 0. The second kappa shape index (κ2) is 5.62. The van der Waals surface area contributed by atoms with Gasteiger partial charge in [0.2, 0.25) is 0 Å². The van der Waals surface area contributed by atoms with Gasteiger partial charge in [-0.1, -0.05) is 11.6 Å². The number of rotatable bonds is 3. The molecule has 1 aliphatic carbocycles. The molecule has 1 fully saturated rings. The number of carbonyl (C=O) groups is 1. The van der Waals surface area contributed by atoms with Crippen LogP contribution in [0.4, 0.5) is 0 Å². The molecular formula is C14H23NO. The average molecular weight is 221 g/mol. The van der Waals surface area contributed by atoms with Gasteiger partial charge in [-0.15, -0.1) is 0 Å². The molecule has 1 atom stereocenters.